The molecule has 0 fully saturated rings. The SMILES string of the molecule is CC(C)(C)OC(=O)CNc1ccc2sc(B(O)O)cc2c1. The van der Waals surface area contributed by atoms with E-state index in [0.29, 0.717) is 4.78 Å². The molecule has 1 heterocycles. The lowest BCUT2D eigenvalue weighted by Crippen LogP contribution is -2.28. The van der Waals surface area contributed by atoms with E-state index in [4.69, 9.17) is 14.8 Å². The van der Waals surface area contributed by atoms with E-state index in [0.717, 1.165) is 15.8 Å². The summed E-state index contributed by atoms with van der Waals surface area (Å²) in [7, 11) is -1.46. The van der Waals surface area contributed by atoms with Crippen LogP contribution in [0.5, 0.6) is 0 Å². The number of carbonyl (C=O) groups excluding carboxylic acids is 1. The second kappa shape index (κ2) is 6.05. The predicted octanol–water partition coefficient (Wildman–Crippen LogP) is 1.33. The Morgan fingerprint density at radius 1 is 1.33 bits per heavy atom. The van der Waals surface area contributed by atoms with Crippen LogP contribution in [0.3, 0.4) is 0 Å². The molecule has 7 heteroatoms. The molecule has 21 heavy (non-hydrogen) atoms. The van der Waals surface area contributed by atoms with Crippen LogP contribution >= 0.6 is 11.3 Å². The Kier molecular flexibility index (Phi) is 4.56. The maximum absolute atomic E-state index is 11.6. The number of nitrogens with one attached hydrogen (secondary N) is 1. The molecule has 0 aliphatic carbocycles. The average Bonchev–Trinajstić information content (AvgIpc) is 2.77. The zero-order valence-electron chi connectivity index (χ0n) is 12.2. The predicted molar refractivity (Wildman–Crippen MR) is 86.0 cm³/mol. The van der Waals surface area contributed by atoms with Crippen LogP contribution in [-0.4, -0.2) is 35.3 Å². The summed E-state index contributed by atoms with van der Waals surface area (Å²) in [5, 5.41) is 22.2. The van der Waals surface area contributed by atoms with Gasteiger partial charge in [0.1, 0.15) is 12.1 Å². The third-order valence-electron chi connectivity index (χ3n) is 2.65. The van der Waals surface area contributed by atoms with Crippen LogP contribution in [0.2, 0.25) is 0 Å². The van der Waals surface area contributed by atoms with Crippen LogP contribution in [-0.2, 0) is 9.53 Å². The molecule has 0 atom stereocenters. The fourth-order valence-electron chi connectivity index (χ4n) is 1.85. The molecular weight excluding hydrogens is 289 g/mol. The maximum atomic E-state index is 11.6. The molecule has 0 bridgehead atoms. The summed E-state index contributed by atoms with van der Waals surface area (Å²) >= 11 is 1.33. The molecule has 0 saturated heterocycles. The Balaban J connectivity index is 2.04. The van der Waals surface area contributed by atoms with Crippen molar-refractivity contribution < 1.29 is 19.6 Å². The number of thiophene rings is 1. The molecule has 0 saturated carbocycles. The summed E-state index contributed by atoms with van der Waals surface area (Å²) in [6.07, 6.45) is 0. The standard InChI is InChI=1S/C14H18BNO4S/c1-14(2,3)20-13(17)8-16-10-4-5-11-9(6-10)7-12(21-11)15(18)19/h4-7,16,18-19H,8H2,1-3H3. The zero-order valence-corrected chi connectivity index (χ0v) is 13.0. The highest BCUT2D eigenvalue weighted by Crippen LogP contribution is 2.23. The minimum atomic E-state index is -1.46. The van der Waals surface area contributed by atoms with Gasteiger partial charge in [-0.1, -0.05) is 0 Å². The Labute approximate surface area is 127 Å². The van der Waals surface area contributed by atoms with E-state index in [-0.39, 0.29) is 12.5 Å². The van der Waals surface area contributed by atoms with Gasteiger partial charge in [-0.2, -0.15) is 0 Å². The van der Waals surface area contributed by atoms with Gasteiger partial charge in [0.05, 0.1) is 0 Å². The van der Waals surface area contributed by atoms with E-state index in [1.807, 2.05) is 39.0 Å². The lowest BCUT2D eigenvalue weighted by atomic mass is 9.89. The van der Waals surface area contributed by atoms with Crippen molar-refractivity contribution in [2.75, 3.05) is 11.9 Å². The molecule has 0 amide bonds. The van der Waals surface area contributed by atoms with Gasteiger partial charge in [0.25, 0.3) is 0 Å². The first-order valence-corrected chi connectivity index (χ1v) is 7.41. The fourth-order valence-corrected chi connectivity index (χ4v) is 2.77. The third kappa shape index (κ3) is 4.45. The van der Waals surface area contributed by atoms with Crippen molar-refractivity contribution in [2.45, 2.75) is 26.4 Å². The number of hydrogen-bond acceptors (Lipinski definition) is 6. The first kappa shape index (κ1) is 15.8. The molecule has 2 aromatic rings. The Morgan fingerprint density at radius 3 is 2.67 bits per heavy atom. The zero-order chi connectivity index (χ0) is 15.6. The number of benzene rings is 1. The number of ether oxygens (including phenoxy) is 1. The molecule has 0 spiro atoms. The van der Waals surface area contributed by atoms with Crippen molar-refractivity contribution in [1.29, 1.82) is 0 Å². The van der Waals surface area contributed by atoms with E-state index >= 15 is 0 Å². The Morgan fingerprint density at radius 2 is 2.05 bits per heavy atom. The van der Waals surface area contributed by atoms with Gasteiger partial charge in [-0.3, -0.25) is 4.79 Å². The second-order valence-electron chi connectivity index (χ2n) is 5.72. The lowest BCUT2D eigenvalue weighted by Gasteiger charge is -2.19. The van der Waals surface area contributed by atoms with E-state index in [2.05, 4.69) is 5.32 Å². The smallest absolute Gasteiger partial charge is 0.459 e. The highest BCUT2D eigenvalue weighted by molar-refractivity contribution is 7.27. The van der Waals surface area contributed by atoms with Gasteiger partial charge in [0.2, 0.25) is 0 Å². The number of hydrogen-bond donors (Lipinski definition) is 3. The summed E-state index contributed by atoms with van der Waals surface area (Å²) in [6.45, 7) is 5.56. The monoisotopic (exact) mass is 307 g/mol. The quantitative estimate of drug-likeness (QED) is 0.587. The van der Waals surface area contributed by atoms with Crippen molar-refractivity contribution in [2.24, 2.45) is 0 Å². The molecular formula is C14H18BNO4S. The summed E-state index contributed by atoms with van der Waals surface area (Å²) in [5.74, 6) is -0.320. The van der Waals surface area contributed by atoms with E-state index < -0.39 is 12.7 Å². The second-order valence-corrected chi connectivity index (χ2v) is 6.83. The van der Waals surface area contributed by atoms with Crippen molar-refractivity contribution in [3.63, 3.8) is 0 Å². The molecule has 1 aromatic heterocycles. The van der Waals surface area contributed by atoms with E-state index in [1.165, 1.54) is 11.3 Å². The summed E-state index contributed by atoms with van der Waals surface area (Å²) in [6, 6.07) is 7.31. The van der Waals surface area contributed by atoms with Crippen LogP contribution in [0.1, 0.15) is 20.8 Å². The topological polar surface area (TPSA) is 78.8 Å². The summed E-state index contributed by atoms with van der Waals surface area (Å²) in [4.78, 5) is 11.6. The maximum Gasteiger partial charge on any atom is 0.499 e. The summed E-state index contributed by atoms with van der Waals surface area (Å²) < 4.78 is 6.67. The fraction of sp³-hybridized carbons (Fsp3) is 0.357. The van der Waals surface area contributed by atoms with Crippen molar-refractivity contribution in [3.05, 3.63) is 24.3 Å². The van der Waals surface area contributed by atoms with Crippen LogP contribution < -0.4 is 10.1 Å². The van der Waals surface area contributed by atoms with Crippen LogP contribution in [0.15, 0.2) is 24.3 Å². The van der Waals surface area contributed by atoms with E-state index in [1.54, 1.807) is 6.07 Å². The number of anilines is 1. The number of carbonyl (C=O) groups is 1. The molecule has 0 aliphatic rings. The number of fused-ring (bicyclic) bond motifs is 1. The van der Waals surface area contributed by atoms with Crippen molar-refractivity contribution >= 4 is 45.0 Å². The van der Waals surface area contributed by atoms with Crippen LogP contribution in [0.4, 0.5) is 5.69 Å². The van der Waals surface area contributed by atoms with Crippen molar-refractivity contribution in [3.8, 4) is 0 Å². The van der Waals surface area contributed by atoms with Gasteiger partial charge in [0.15, 0.2) is 0 Å². The highest BCUT2D eigenvalue weighted by Gasteiger charge is 2.16. The molecule has 2 rings (SSSR count). The van der Waals surface area contributed by atoms with Gasteiger partial charge in [-0.25, -0.2) is 0 Å². The third-order valence-corrected chi connectivity index (χ3v) is 3.80. The lowest BCUT2D eigenvalue weighted by molar-refractivity contribution is -0.152. The first-order chi connectivity index (χ1) is 9.74. The summed E-state index contributed by atoms with van der Waals surface area (Å²) in [5.41, 5.74) is 0.285. The highest BCUT2D eigenvalue weighted by atomic mass is 32.1. The van der Waals surface area contributed by atoms with Gasteiger partial charge >= 0.3 is 13.1 Å². The van der Waals surface area contributed by atoms with Crippen LogP contribution in [0.25, 0.3) is 10.1 Å². The van der Waals surface area contributed by atoms with Crippen LogP contribution in [0, 0.1) is 0 Å². The number of esters is 1. The molecule has 5 nitrogen and oxygen atoms in total. The van der Waals surface area contributed by atoms with Crippen molar-refractivity contribution in [1.82, 2.24) is 0 Å². The number of rotatable bonds is 4. The van der Waals surface area contributed by atoms with E-state index in [9.17, 15) is 4.79 Å². The minimum Gasteiger partial charge on any atom is -0.459 e. The molecule has 112 valence electrons. The molecule has 3 N–H and O–H groups in total. The Hall–Kier alpha value is -1.57. The average molecular weight is 307 g/mol. The molecule has 0 radical (unpaired) electrons. The van der Waals surface area contributed by atoms with Gasteiger partial charge in [-0.15, -0.1) is 11.3 Å². The van der Waals surface area contributed by atoms with Gasteiger partial charge in [-0.05, 0) is 50.4 Å². The van der Waals surface area contributed by atoms with Gasteiger partial charge in [0, 0.05) is 15.2 Å². The van der Waals surface area contributed by atoms with Gasteiger partial charge < -0.3 is 20.1 Å². The minimum absolute atomic E-state index is 0.0857. The molecule has 0 unspecified atom stereocenters. The normalized spacial score (nSPS) is 11.5. The molecule has 1 aromatic carbocycles. The Bertz CT molecular complexity index is 648. The largest absolute Gasteiger partial charge is 0.499 e. The molecule has 0 aliphatic heterocycles. The first-order valence-electron chi connectivity index (χ1n) is 6.60.